The fraction of sp³-hybridized carbons (Fsp3) is 0.737. The molecule has 2 saturated carbocycles. The minimum Gasteiger partial charge on any atom is -0.481 e. The predicted octanol–water partition coefficient (Wildman–Crippen LogP) is 2.10. The predicted molar refractivity (Wildman–Crippen MR) is 94.7 cm³/mol. The highest BCUT2D eigenvalue weighted by Gasteiger charge is 2.46. The number of allylic oxidation sites excluding steroid dienone is 2. The minimum absolute atomic E-state index is 0.0459. The lowest BCUT2D eigenvalue weighted by atomic mass is 9.77. The van der Waals surface area contributed by atoms with Crippen molar-refractivity contribution in [3.63, 3.8) is 0 Å². The van der Waals surface area contributed by atoms with Crippen molar-refractivity contribution < 1.29 is 19.5 Å². The van der Waals surface area contributed by atoms with Crippen LogP contribution in [0.5, 0.6) is 0 Å². The zero-order chi connectivity index (χ0) is 18.2. The largest absolute Gasteiger partial charge is 0.481 e. The van der Waals surface area contributed by atoms with Gasteiger partial charge in [-0.3, -0.25) is 14.4 Å². The Hall–Kier alpha value is -1.85. The molecule has 0 aromatic heterocycles. The summed E-state index contributed by atoms with van der Waals surface area (Å²) in [5.74, 6) is 1.53. The van der Waals surface area contributed by atoms with Gasteiger partial charge < -0.3 is 15.7 Å². The number of hydrogen-bond acceptors (Lipinski definition) is 3. The van der Waals surface area contributed by atoms with E-state index >= 15 is 0 Å². The Bertz CT molecular complexity index is 518. The van der Waals surface area contributed by atoms with Crippen LogP contribution in [0.1, 0.15) is 51.9 Å². The fourth-order valence-electron chi connectivity index (χ4n) is 4.46. The number of carboxylic acids is 1. The number of unbranched alkanes of at least 4 members (excludes halogenated alkanes) is 1. The molecule has 2 aliphatic carbocycles. The molecular weight excluding hydrogens is 320 g/mol. The number of fused-ring (bicyclic) bond motifs is 2. The van der Waals surface area contributed by atoms with Crippen molar-refractivity contribution in [3.05, 3.63) is 12.2 Å². The highest BCUT2D eigenvalue weighted by molar-refractivity contribution is 5.83. The Labute approximate surface area is 149 Å². The summed E-state index contributed by atoms with van der Waals surface area (Å²) in [6.45, 7) is 2.14. The van der Waals surface area contributed by atoms with Crippen LogP contribution < -0.4 is 10.6 Å². The molecule has 0 aromatic rings. The van der Waals surface area contributed by atoms with Gasteiger partial charge in [-0.05, 0) is 62.2 Å². The number of carbonyl (C=O) groups is 3. The van der Waals surface area contributed by atoms with Crippen LogP contribution >= 0.6 is 0 Å². The van der Waals surface area contributed by atoms with Gasteiger partial charge in [0.05, 0.1) is 6.54 Å². The molecule has 6 heteroatoms. The average molecular weight is 350 g/mol. The first-order valence-electron chi connectivity index (χ1n) is 9.35. The minimum atomic E-state index is -0.739. The highest BCUT2D eigenvalue weighted by Crippen LogP contribution is 2.53. The molecule has 25 heavy (non-hydrogen) atoms. The van der Waals surface area contributed by atoms with E-state index in [-0.39, 0.29) is 24.8 Å². The van der Waals surface area contributed by atoms with Crippen molar-refractivity contribution in [2.24, 2.45) is 23.7 Å². The van der Waals surface area contributed by atoms with Crippen LogP contribution in [-0.4, -0.2) is 36.0 Å². The second-order valence-corrected chi connectivity index (χ2v) is 7.37. The molecule has 0 spiro atoms. The van der Waals surface area contributed by atoms with Crippen molar-refractivity contribution in [2.75, 3.05) is 13.1 Å². The summed E-state index contributed by atoms with van der Waals surface area (Å²) in [6, 6.07) is 0. The van der Waals surface area contributed by atoms with E-state index in [4.69, 9.17) is 5.11 Å². The zero-order valence-electron chi connectivity index (χ0n) is 15.0. The van der Waals surface area contributed by atoms with Gasteiger partial charge in [-0.2, -0.15) is 0 Å². The lowest BCUT2D eigenvalue weighted by Crippen LogP contribution is -2.40. The van der Waals surface area contributed by atoms with Crippen LogP contribution in [0.3, 0.4) is 0 Å². The molecule has 2 amide bonds. The summed E-state index contributed by atoms with van der Waals surface area (Å²) in [5.41, 5.74) is 0. The lowest BCUT2D eigenvalue weighted by molar-refractivity contribution is -0.137. The van der Waals surface area contributed by atoms with Gasteiger partial charge in [-0.15, -0.1) is 0 Å². The van der Waals surface area contributed by atoms with Gasteiger partial charge in [0.1, 0.15) is 0 Å². The molecule has 0 heterocycles. The lowest BCUT2D eigenvalue weighted by Gasteiger charge is -2.30. The van der Waals surface area contributed by atoms with Crippen molar-refractivity contribution in [3.8, 4) is 0 Å². The third-order valence-electron chi connectivity index (χ3n) is 5.64. The van der Waals surface area contributed by atoms with Crippen LogP contribution in [0, 0.1) is 23.7 Å². The molecule has 2 fully saturated rings. The Morgan fingerprint density at radius 1 is 1.08 bits per heavy atom. The zero-order valence-corrected chi connectivity index (χ0v) is 15.0. The standard InChI is InChI=1S/C19H30N2O4/c1-13(22)20-12-18(23)21-11-17-15-9-8-14(10-15)16(17)6-4-2-3-5-7-19(24)25/h2,4,14-17H,3,5-12H2,1H3,(H,20,22)(H,21,23)(H,24,25)/t14-,15+,16-,17+/m0/s1. The van der Waals surface area contributed by atoms with Crippen molar-refractivity contribution in [2.45, 2.75) is 51.9 Å². The van der Waals surface area contributed by atoms with Crippen LogP contribution in [-0.2, 0) is 14.4 Å². The quantitative estimate of drug-likeness (QED) is 0.415. The van der Waals surface area contributed by atoms with E-state index in [1.807, 2.05) is 0 Å². The van der Waals surface area contributed by atoms with E-state index < -0.39 is 5.97 Å². The first-order valence-corrected chi connectivity index (χ1v) is 9.35. The van der Waals surface area contributed by atoms with E-state index in [1.165, 1.54) is 26.2 Å². The van der Waals surface area contributed by atoms with E-state index in [1.54, 1.807) is 0 Å². The molecule has 0 aromatic carbocycles. The van der Waals surface area contributed by atoms with Crippen molar-refractivity contribution in [1.82, 2.24) is 10.6 Å². The number of hydrogen-bond donors (Lipinski definition) is 3. The average Bonchev–Trinajstić information content (AvgIpc) is 3.15. The van der Waals surface area contributed by atoms with Gasteiger partial charge in [0.2, 0.25) is 11.8 Å². The van der Waals surface area contributed by atoms with Crippen molar-refractivity contribution in [1.29, 1.82) is 0 Å². The second-order valence-electron chi connectivity index (χ2n) is 7.37. The maximum Gasteiger partial charge on any atom is 0.303 e. The number of amides is 2. The monoisotopic (exact) mass is 350 g/mol. The normalized spacial score (nSPS) is 27.6. The molecule has 0 radical (unpaired) electrons. The third-order valence-corrected chi connectivity index (χ3v) is 5.64. The molecule has 2 rings (SSSR count). The molecule has 140 valence electrons. The second kappa shape index (κ2) is 9.59. The van der Waals surface area contributed by atoms with Gasteiger partial charge in [-0.1, -0.05) is 12.2 Å². The van der Waals surface area contributed by atoms with Gasteiger partial charge in [0, 0.05) is 19.9 Å². The maximum absolute atomic E-state index is 11.8. The summed E-state index contributed by atoms with van der Waals surface area (Å²) in [6.07, 6.45) is 10.8. The molecule has 2 bridgehead atoms. The number of aliphatic carboxylic acids is 1. The fourth-order valence-corrected chi connectivity index (χ4v) is 4.46. The third kappa shape index (κ3) is 6.18. The summed E-state index contributed by atoms with van der Waals surface area (Å²) >= 11 is 0. The van der Waals surface area contributed by atoms with Gasteiger partial charge in [-0.25, -0.2) is 0 Å². The van der Waals surface area contributed by atoms with Crippen LogP contribution in [0.2, 0.25) is 0 Å². The van der Waals surface area contributed by atoms with E-state index in [2.05, 4.69) is 22.8 Å². The first-order chi connectivity index (χ1) is 12.0. The first kappa shape index (κ1) is 19.5. The number of carboxylic acid groups (broad SMARTS) is 1. The Morgan fingerprint density at radius 3 is 2.48 bits per heavy atom. The molecule has 3 N–H and O–H groups in total. The molecule has 0 aliphatic heterocycles. The van der Waals surface area contributed by atoms with Crippen LogP contribution in [0.15, 0.2) is 12.2 Å². The molecule has 4 atom stereocenters. The van der Waals surface area contributed by atoms with Gasteiger partial charge >= 0.3 is 5.97 Å². The smallest absolute Gasteiger partial charge is 0.303 e. The van der Waals surface area contributed by atoms with Crippen LogP contribution in [0.25, 0.3) is 0 Å². The highest BCUT2D eigenvalue weighted by atomic mass is 16.4. The van der Waals surface area contributed by atoms with E-state index in [9.17, 15) is 14.4 Å². The SMILES string of the molecule is CC(=O)NCC(=O)NC[C@@H]1[C@@H]2CC[C@@H](C2)[C@@H]1CC=CCCCC(=O)O. The topological polar surface area (TPSA) is 95.5 Å². The maximum atomic E-state index is 11.8. The molecule has 0 saturated heterocycles. The summed E-state index contributed by atoms with van der Waals surface area (Å²) in [7, 11) is 0. The van der Waals surface area contributed by atoms with Gasteiger partial charge in [0.15, 0.2) is 0 Å². The summed E-state index contributed by atoms with van der Waals surface area (Å²) in [5, 5.41) is 14.1. The summed E-state index contributed by atoms with van der Waals surface area (Å²) in [4.78, 5) is 33.2. The van der Waals surface area contributed by atoms with E-state index in [0.717, 1.165) is 18.8 Å². The number of rotatable bonds is 10. The molecule has 6 nitrogen and oxygen atoms in total. The number of carbonyl (C=O) groups excluding carboxylic acids is 2. The Kier molecular flexibility index (Phi) is 7.47. The van der Waals surface area contributed by atoms with E-state index in [0.29, 0.717) is 30.7 Å². The Balaban J connectivity index is 1.74. The molecule has 2 aliphatic rings. The molecular formula is C19H30N2O4. The summed E-state index contributed by atoms with van der Waals surface area (Å²) < 4.78 is 0. The van der Waals surface area contributed by atoms with Crippen LogP contribution in [0.4, 0.5) is 0 Å². The number of nitrogens with one attached hydrogen (secondary N) is 2. The molecule has 0 unspecified atom stereocenters. The Morgan fingerprint density at radius 2 is 1.80 bits per heavy atom. The van der Waals surface area contributed by atoms with Gasteiger partial charge in [0.25, 0.3) is 0 Å². The van der Waals surface area contributed by atoms with Crippen molar-refractivity contribution >= 4 is 17.8 Å².